The fourth-order valence-corrected chi connectivity index (χ4v) is 2.96. The maximum Gasteiger partial charge on any atom is 0.269 e. The Bertz CT molecular complexity index is 448. The summed E-state index contributed by atoms with van der Waals surface area (Å²) in [6.45, 7) is 5.26. The molecule has 0 radical (unpaired) electrons. The number of hydrogen-bond donors (Lipinski definition) is 1. The lowest BCUT2D eigenvalue weighted by atomic mass is 10.2. The summed E-state index contributed by atoms with van der Waals surface area (Å²) < 4.78 is 12.0. The zero-order chi connectivity index (χ0) is 15.0. The standard InChI is InChI=1S/C14H22N2O3S/c1-3-10-15-12(2)5-4-11-20(19)14-8-6-13(7-9-14)16(17)18/h6-9,12,15H,3-5,10-11H2,1-2H3. The van der Waals surface area contributed by atoms with Crippen molar-refractivity contribution in [3.63, 3.8) is 0 Å². The van der Waals surface area contributed by atoms with Crippen LogP contribution in [0.3, 0.4) is 0 Å². The molecule has 5 nitrogen and oxygen atoms in total. The van der Waals surface area contributed by atoms with Crippen molar-refractivity contribution in [3.05, 3.63) is 34.4 Å². The lowest BCUT2D eigenvalue weighted by Crippen LogP contribution is -2.26. The van der Waals surface area contributed by atoms with Crippen molar-refractivity contribution in [2.75, 3.05) is 12.3 Å². The van der Waals surface area contributed by atoms with Gasteiger partial charge in [0.05, 0.1) is 15.7 Å². The van der Waals surface area contributed by atoms with Crippen molar-refractivity contribution in [1.82, 2.24) is 5.32 Å². The maximum absolute atomic E-state index is 12.0. The van der Waals surface area contributed by atoms with Gasteiger partial charge in [0.15, 0.2) is 0 Å². The van der Waals surface area contributed by atoms with E-state index >= 15 is 0 Å². The largest absolute Gasteiger partial charge is 0.314 e. The zero-order valence-corrected chi connectivity index (χ0v) is 12.8. The zero-order valence-electron chi connectivity index (χ0n) is 12.0. The molecule has 1 aromatic rings. The van der Waals surface area contributed by atoms with Gasteiger partial charge >= 0.3 is 0 Å². The first kappa shape index (κ1) is 16.8. The van der Waals surface area contributed by atoms with Crippen molar-refractivity contribution >= 4 is 16.5 Å². The summed E-state index contributed by atoms with van der Waals surface area (Å²) in [5.74, 6) is 0.593. The van der Waals surface area contributed by atoms with Crippen LogP contribution in [-0.4, -0.2) is 27.5 Å². The molecule has 2 atom stereocenters. The van der Waals surface area contributed by atoms with Gasteiger partial charge in [-0.3, -0.25) is 14.3 Å². The number of benzene rings is 1. The third kappa shape index (κ3) is 5.79. The lowest BCUT2D eigenvalue weighted by Gasteiger charge is -2.12. The third-order valence-electron chi connectivity index (χ3n) is 3.02. The molecule has 0 bridgehead atoms. The van der Waals surface area contributed by atoms with Gasteiger partial charge in [-0.15, -0.1) is 0 Å². The molecule has 20 heavy (non-hydrogen) atoms. The van der Waals surface area contributed by atoms with Crippen LogP contribution in [0, 0.1) is 10.1 Å². The van der Waals surface area contributed by atoms with Crippen LogP contribution in [0.15, 0.2) is 29.2 Å². The molecule has 112 valence electrons. The van der Waals surface area contributed by atoms with Gasteiger partial charge < -0.3 is 5.32 Å². The predicted molar refractivity (Wildman–Crippen MR) is 81.4 cm³/mol. The van der Waals surface area contributed by atoms with E-state index in [0.717, 1.165) is 25.8 Å². The molecule has 0 aliphatic carbocycles. The number of hydrogen-bond acceptors (Lipinski definition) is 4. The Morgan fingerprint density at radius 2 is 2.00 bits per heavy atom. The van der Waals surface area contributed by atoms with Crippen LogP contribution in [0.4, 0.5) is 5.69 Å². The highest BCUT2D eigenvalue weighted by Gasteiger charge is 2.09. The van der Waals surface area contributed by atoms with Crippen molar-refractivity contribution in [1.29, 1.82) is 0 Å². The molecule has 0 saturated heterocycles. The van der Waals surface area contributed by atoms with Crippen LogP contribution >= 0.6 is 0 Å². The van der Waals surface area contributed by atoms with Gasteiger partial charge in [0.25, 0.3) is 5.69 Å². The second-order valence-electron chi connectivity index (χ2n) is 4.80. The van der Waals surface area contributed by atoms with Gasteiger partial charge in [-0.2, -0.15) is 0 Å². The average Bonchev–Trinajstić information content (AvgIpc) is 2.45. The minimum absolute atomic E-state index is 0.0307. The highest BCUT2D eigenvalue weighted by atomic mass is 32.2. The van der Waals surface area contributed by atoms with Gasteiger partial charge in [-0.05, 0) is 44.9 Å². The molecular weight excluding hydrogens is 276 g/mol. The second kappa shape index (κ2) is 8.81. The molecule has 6 heteroatoms. The predicted octanol–water partition coefficient (Wildman–Crippen LogP) is 2.87. The van der Waals surface area contributed by atoms with Crippen LogP contribution in [0.25, 0.3) is 0 Å². The fraction of sp³-hybridized carbons (Fsp3) is 0.571. The maximum atomic E-state index is 12.0. The number of nitrogens with one attached hydrogen (secondary N) is 1. The summed E-state index contributed by atoms with van der Waals surface area (Å²) in [4.78, 5) is 10.7. The molecule has 2 unspecified atom stereocenters. The molecular formula is C14H22N2O3S. The minimum Gasteiger partial charge on any atom is -0.314 e. The lowest BCUT2D eigenvalue weighted by molar-refractivity contribution is -0.384. The molecule has 0 fully saturated rings. The second-order valence-corrected chi connectivity index (χ2v) is 6.37. The Morgan fingerprint density at radius 3 is 2.55 bits per heavy atom. The summed E-state index contributed by atoms with van der Waals surface area (Å²) in [6, 6.07) is 6.39. The third-order valence-corrected chi connectivity index (χ3v) is 4.48. The number of non-ortho nitro benzene ring substituents is 1. The van der Waals surface area contributed by atoms with Gasteiger partial charge in [0.1, 0.15) is 0 Å². The number of nitro groups is 1. The molecule has 0 spiro atoms. The van der Waals surface area contributed by atoms with E-state index in [4.69, 9.17) is 0 Å². The molecule has 0 aliphatic rings. The van der Waals surface area contributed by atoms with E-state index in [1.807, 2.05) is 0 Å². The Kier molecular flexibility index (Phi) is 7.40. The van der Waals surface area contributed by atoms with Crippen LogP contribution in [0.1, 0.15) is 33.1 Å². The molecule has 1 N–H and O–H groups in total. The van der Waals surface area contributed by atoms with Crippen molar-refractivity contribution < 1.29 is 9.13 Å². The fourth-order valence-electron chi connectivity index (χ4n) is 1.85. The van der Waals surface area contributed by atoms with Gasteiger partial charge in [0.2, 0.25) is 0 Å². The average molecular weight is 298 g/mol. The van der Waals surface area contributed by atoms with E-state index in [0.29, 0.717) is 16.7 Å². The number of nitro benzene ring substituents is 1. The van der Waals surface area contributed by atoms with Crippen molar-refractivity contribution in [2.24, 2.45) is 0 Å². The highest BCUT2D eigenvalue weighted by Crippen LogP contribution is 2.15. The number of rotatable bonds is 9. The molecule has 0 aliphatic heterocycles. The van der Waals surface area contributed by atoms with Crippen LogP contribution < -0.4 is 5.32 Å². The number of nitrogens with zero attached hydrogens (tertiary/aromatic N) is 1. The van der Waals surface area contributed by atoms with Crippen molar-refractivity contribution in [3.8, 4) is 0 Å². The molecule has 0 saturated carbocycles. The Hall–Kier alpha value is -1.27. The van der Waals surface area contributed by atoms with Crippen LogP contribution in [0.5, 0.6) is 0 Å². The van der Waals surface area contributed by atoms with Gasteiger partial charge in [-0.1, -0.05) is 6.92 Å². The first-order chi connectivity index (χ1) is 9.54. The first-order valence-electron chi connectivity index (χ1n) is 6.90. The topological polar surface area (TPSA) is 72.2 Å². The monoisotopic (exact) mass is 298 g/mol. The molecule has 1 rings (SSSR count). The Morgan fingerprint density at radius 1 is 1.35 bits per heavy atom. The molecule has 0 aromatic heterocycles. The Balaban J connectivity index is 2.37. The quantitative estimate of drug-likeness (QED) is 0.562. The van der Waals surface area contributed by atoms with E-state index in [2.05, 4.69) is 19.2 Å². The van der Waals surface area contributed by atoms with E-state index in [1.54, 1.807) is 12.1 Å². The molecule has 0 amide bonds. The first-order valence-corrected chi connectivity index (χ1v) is 8.22. The van der Waals surface area contributed by atoms with E-state index in [1.165, 1.54) is 12.1 Å². The summed E-state index contributed by atoms with van der Waals surface area (Å²) in [7, 11) is -1.08. The molecule has 1 aromatic carbocycles. The summed E-state index contributed by atoms with van der Waals surface area (Å²) in [5, 5.41) is 13.9. The minimum atomic E-state index is -1.08. The van der Waals surface area contributed by atoms with E-state index < -0.39 is 15.7 Å². The smallest absolute Gasteiger partial charge is 0.269 e. The van der Waals surface area contributed by atoms with Crippen molar-refractivity contribution in [2.45, 2.75) is 44.0 Å². The Labute approximate surface area is 122 Å². The molecule has 0 heterocycles. The summed E-state index contributed by atoms with van der Waals surface area (Å²) in [6.07, 6.45) is 2.97. The normalized spacial score (nSPS) is 13.9. The summed E-state index contributed by atoms with van der Waals surface area (Å²) in [5.41, 5.74) is 0.0307. The SMILES string of the molecule is CCCNC(C)CCCS(=O)c1ccc([N+](=O)[O-])cc1. The highest BCUT2D eigenvalue weighted by molar-refractivity contribution is 7.85. The van der Waals surface area contributed by atoms with E-state index in [-0.39, 0.29) is 5.69 Å². The van der Waals surface area contributed by atoms with Crippen LogP contribution in [-0.2, 0) is 10.8 Å². The van der Waals surface area contributed by atoms with Gasteiger partial charge in [-0.25, -0.2) is 0 Å². The van der Waals surface area contributed by atoms with E-state index in [9.17, 15) is 14.3 Å². The van der Waals surface area contributed by atoms with Gasteiger partial charge in [0, 0.05) is 28.8 Å². The summed E-state index contributed by atoms with van der Waals surface area (Å²) >= 11 is 0. The van der Waals surface area contributed by atoms with Crippen LogP contribution in [0.2, 0.25) is 0 Å².